The number of benzene rings is 6. The number of aliphatic imine (C=N–C) groups is 1. The number of nitrogens with one attached hydrogen (secondary N) is 1. The average Bonchev–Trinajstić information content (AvgIpc) is 3.48. The third-order valence-electron chi connectivity index (χ3n) is 12.5. The predicted molar refractivity (Wildman–Crippen MR) is 261 cm³/mol. The van der Waals surface area contributed by atoms with Gasteiger partial charge in [0.05, 0.1) is 11.4 Å². The Morgan fingerprint density at radius 3 is 2.25 bits per heavy atom. The largest absolute Gasteiger partial charge is 0.300 e. The first-order valence-electron chi connectivity index (χ1n) is 21.2. The van der Waals surface area contributed by atoms with Crippen LogP contribution < -0.4 is 0 Å². The second-order valence-electron chi connectivity index (χ2n) is 16.8. The summed E-state index contributed by atoms with van der Waals surface area (Å²) in [5.41, 5.74) is 22.7. The molecule has 0 saturated heterocycles. The summed E-state index contributed by atoms with van der Waals surface area (Å²) in [4.78, 5) is 5.15. The normalized spacial score (nSPS) is 15.7. The second kappa shape index (κ2) is 16.5. The summed E-state index contributed by atoms with van der Waals surface area (Å²) in [7, 11) is 0. The quantitative estimate of drug-likeness (QED) is 0.164. The molecule has 1 N–H and O–H groups in total. The Balaban J connectivity index is 0.000000169. The van der Waals surface area contributed by atoms with E-state index in [2.05, 4.69) is 169 Å². The smallest absolute Gasteiger partial charge is 0.0799 e. The van der Waals surface area contributed by atoms with Gasteiger partial charge in [-0.3, -0.25) is 4.99 Å². The van der Waals surface area contributed by atoms with Gasteiger partial charge in [0, 0.05) is 27.8 Å². The Hall–Kier alpha value is -6.64. The first kappa shape index (κ1) is 40.2. The monoisotopic (exact) mass is 778 g/mol. The second-order valence-corrected chi connectivity index (χ2v) is 16.8. The summed E-state index contributed by atoms with van der Waals surface area (Å²) < 4.78 is 0. The highest BCUT2D eigenvalue weighted by atomic mass is 14.8. The van der Waals surface area contributed by atoms with Crippen molar-refractivity contribution in [3.63, 3.8) is 0 Å². The van der Waals surface area contributed by atoms with Gasteiger partial charge >= 0.3 is 0 Å². The summed E-state index contributed by atoms with van der Waals surface area (Å²) in [5.74, 6) is 0. The van der Waals surface area contributed by atoms with Gasteiger partial charge in [0.1, 0.15) is 0 Å². The Kier molecular flexibility index (Phi) is 11.1. The van der Waals surface area contributed by atoms with Crippen LogP contribution in [0.3, 0.4) is 0 Å². The average molecular weight is 779 g/mol. The maximum Gasteiger partial charge on any atom is 0.0799 e. The predicted octanol–water partition coefficient (Wildman–Crippen LogP) is 15.4. The van der Waals surface area contributed by atoms with E-state index in [4.69, 9.17) is 10.4 Å². The number of nitrogens with zero attached hydrogens (tertiary/aromatic N) is 1. The van der Waals surface area contributed by atoms with E-state index in [1.807, 2.05) is 43.4 Å². The van der Waals surface area contributed by atoms with E-state index < -0.39 is 0 Å². The van der Waals surface area contributed by atoms with Crippen LogP contribution in [0.15, 0.2) is 157 Å². The molecule has 2 nitrogen and oxygen atoms in total. The molecule has 3 aliphatic carbocycles. The Labute approximate surface area is 357 Å². The molecule has 0 radical (unpaired) electrons. The zero-order valence-electron chi connectivity index (χ0n) is 36.1. The van der Waals surface area contributed by atoms with Gasteiger partial charge in [-0.25, -0.2) is 0 Å². The van der Waals surface area contributed by atoms with Gasteiger partial charge in [0.2, 0.25) is 0 Å². The number of fused-ring (bicyclic) bond motifs is 6. The molecule has 9 rings (SSSR count). The topological polar surface area (TPSA) is 36.2 Å². The molecule has 0 aliphatic heterocycles. The fourth-order valence-electron chi connectivity index (χ4n) is 9.26. The lowest BCUT2D eigenvalue weighted by Gasteiger charge is -2.23. The SMILES string of the molecule is C=Cc1ccc(/C(N=C(C)c2ccc(C)c3ccccc23)=C2\C=CC=CC2=N)cc1/C=C\C.Cc1ccccc1-c1cc2c(cc1C)C(C)(C)c1ccc3c(c1-2)C=CCC3. The Morgan fingerprint density at radius 2 is 1.48 bits per heavy atom. The van der Waals surface area contributed by atoms with E-state index in [-0.39, 0.29) is 5.41 Å². The Morgan fingerprint density at radius 1 is 0.717 bits per heavy atom. The van der Waals surface area contributed by atoms with E-state index >= 15 is 0 Å². The number of hydrogen-bond acceptors (Lipinski definition) is 2. The molecular formula is C58H54N2. The van der Waals surface area contributed by atoms with Crippen molar-refractivity contribution in [3.8, 4) is 22.3 Å². The third kappa shape index (κ3) is 7.32. The standard InChI is InChI=1S/C31H28N2.C27H26/c1-5-11-24-20-25(18-17-23(24)6-2)31(29-14-9-10-15-30(29)32)33-22(4)27-19-16-21(3)26-12-7-8-13-28(26)27;1-17-9-5-7-11-20(17)22-16-23-25(15-18(22)2)27(3,4)24-14-13-19-10-6-8-12-21(19)26(23)24/h5-20,32H,2H2,1,3-4H3;5,7-9,11-16H,6,10H2,1-4H3/b11-5-,31-29-,32-30?,33-22?;. The molecule has 2 heteroatoms. The van der Waals surface area contributed by atoms with Crippen molar-refractivity contribution >= 4 is 46.1 Å². The summed E-state index contributed by atoms with van der Waals surface area (Å²) >= 11 is 0. The molecule has 60 heavy (non-hydrogen) atoms. The van der Waals surface area contributed by atoms with E-state index in [1.165, 1.54) is 72.0 Å². The number of hydrogen-bond donors (Lipinski definition) is 1. The molecular weight excluding hydrogens is 725 g/mol. The van der Waals surface area contributed by atoms with Crippen LogP contribution in [0, 0.1) is 26.2 Å². The van der Waals surface area contributed by atoms with Crippen molar-refractivity contribution < 1.29 is 0 Å². The Bertz CT molecular complexity index is 2920. The van der Waals surface area contributed by atoms with Crippen molar-refractivity contribution in [2.75, 3.05) is 0 Å². The third-order valence-corrected chi connectivity index (χ3v) is 12.5. The maximum atomic E-state index is 8.55. The van der Waals surface area contributed by atoms with Crippen molar-refractivity contribution in [2.24, 2.45) is 4.99 Å². The highest BCUT2D eigenvalue weighted by Gasteiger charge is 2.38. The zero-order chi connectivity index (χ0) is 42.1. The first-order valence-corrected chi connectivity index (χ1v) is 21.2. The summed E-state index contributed by atoms with van der Waals surface area (Å²) in [6, 6.07) is 37.4. The highest BCUT2D eigenvalue weighted by molar-refractivity contribution is 6.17. The fraction of sp³-hybridized carbons (Fsp3) is 0.172. The van der Waals surface area contributed by atoms with E-state index in [9.17, 15) is 0 Å². The molecule has 0 amide bonds. The van der Waals surface area contributed by atoms with Crippen molar-refractivity contribution in [3.05, 3.63) is 213 Å². The highest BCUT2D eigenvalue weighted by Crippen LogP contribution is 2.53. The van der Waals surface area contributed by atoms with Gasteiger partial charge in [0.25, 0.3) is 0 Å². The zero-order valence-corrected chi connectivity index (χ0v) is 36.1. The van der Waals surface area contributed by atoms with Crippen LogP contribution in [-0.4, -0.2) is 11.4 Å². The van der Waals surface area contributed by atoms with E-state index in [0.717, 1.165) is 52.1 Å². The molecule has 3 aliphatic rings. The van der Waals surface area contributed by atoms with Crippen LogP contribution in [0.4, 0.5) is 0 Å². The molecule has 0 atom stereocenters. The van der Waals surface area contributed by atoms with Gasteiger partial charge in [-0.15, -0.1) is 0 Å². The summed E-state index contributed by atoms with van der Waals surface area (Å²) in [6.07, 6.45) is 20.6. The lowest BCUT2D eigenvalue weighted by Crippen LogP contribution is -2.15. The summed E-state index contributed by atoms with van der Waals surface area (Å²) in [5, 5.41) is 11.0. The molecule has 0 fully saturated rings. The molecule has 0 aromatic heterocycles. The molecule has 0 spiro atoms. The van der Waals surface area contributed by atoms with Crippen LogP contribution in [0.25, 0.3) is 57.0 Å². The van der Waals surface area contributed by atoms with Crippen LogP contribution in [0.5, 0.6) is 0 Å². The molecule has 296 valence electrons. The maximum absolute atomic E-state index is 8.55. The van der Waals surface area contributed by atoms with E-state index in [1.54, 1.807) is 0 Å². The minimum atomic E-state index is 0.0556. The molecule has 0 heterocycles. The van der Waals surface area contributed by atoms with Crippen molar-refractivity contribution in [2.45, 2.75) is 66.7 Å². The summed E-state index contributed by atoms with van der Waals surface area (Å²) in [6.45, 7) is 19.4. The first-order chi connectivity index (χ1) is 29.0. The van der Waals surface area contributed by atoms with E-state index in [0.29, 0.717) is 5.71 Å². The minimum Gasteiger partial charge on any atom is -0.300 e. The van der Waals surface area contributed by atoms with Crippen LogP contribution in [0.2, 0.25) is 0 Å². The number of allylic oxidation sites excluding steroid dienone is 7. The van der Waals surface area contributed by atoms with Crippen molar-refractivity contribution in [1.82, 2.24) is 0 Å². The lowest BCUT2D eigenvalue weighted by molar-refractivity contribution is 0.659. The van der Waals surface area contributed by atoms with Gasteiger partial charge < -0.3 is 5.41 Å². The van der Waals surface area contributed by atoms with Crippen LogP contribution in [-0.2, 0) is 11.8 Å². The van der Waals surface area contributed by atoms with Crippen LogP contribution in [0.1, 0.15) is 95.3 Å². The molecule has 6 aromatic carbocycles. The van der Waals surface area contributed by atoms with Gasteiger partial charge in [-0.1, -0.05) is 160 Å². The van der Waals surface area contributed by atoms with Crippen LogP contribution >= 0.6 is 0 Å². The van der Waals surface area contributed by atoms with Gasteiger partial charge in [0.15, 0.2) is 0 Å². The van der Waals surface area contributed by atoms with Crippen molar-refractivity contribution in [1.29, 1.82) is 5.41 Å². The number of rotatable bonds is 6. The minimum absolute atomic E-state index is 0.0556. The van der Waals surface area contributed by atoms with Gasteiger partial charge in [-0.2, -0.15) is 0 Å². The molecule has 0 unspecified atom stereocenters. The molecule has 0 bridgehead atoms. The number of aryl methyl sites for hydroxylation is 4. The molecule has 0 saturated carbocycles. The fourth-order valence-corrected chi connectivity index (χ4v) is 9.26. The van der Waals surface area contributed by atoms with Gasteiger partial charge in [-0.05, 0) is 149 Å². The molecule has 6 aromatic rings. The lowest BCUT2D eigenvalue weighted by atomic mass is 9.80.